The summed E-state index contributed by atoms with van der Waals surface area (Å²) in [4.78, 5) is 9.86. The largest absolute Gasteiger partial charge is 0.433 e. The quantitative estimate of drug-likeness (QED) is 0.683. The minimum absolute atomic E-state index is 0.239. The summed E-state index contributed by atoms with van der Waals surface area (Å²) >= 11 is 5.96. The molecular weight excluding hydrogens is 270 g/mol. The van der Waals surface area contributed by atoms with Gasteiger partial charge in [-0.05, 0) is 24.3 Å². The van der Waals surface area contributed by atoms with Crippen molar-refractivity contribution in [3.05, 3.63) is 56.8 Å². The molecule has 0 saturated heterocycles. The van der Waals surface area contributed by atoms with Gasteiger partial charge in [0.25, 0.3) is 0 Å². The molecule has 0 aliphatic carbocycles. The Hall–Kier alpha value is -2.52. The number of nitriles is 1. The van der Waals surface area contributed by atoms with Gasteiger partial charge >= 0.3 is 5.88 Å². The molecule has 1 N–H and O–H groups in total. The standard InChI is InChI=1S/C12H8ClN3O3/c13-10-3-1-8(6-14)5-11(10)15-7-9-2-4-12(19-9)16(17)18/h1-5,15H,7H2. The van der Waals surface area contributed by atoms with Gasteiger partial charge in [0.1, 0.15) is 10.7 Å². The van der Waals surface area contributed by atoms with Crippen LogP contribution in [0.5, 0.6) is 0 Å². The normalized spacial score (nSPS) is 9.89. The van der Waals surface area contributed by atoms with E-state index in [1.807, 2.05) is 6.07 Å². The van der Waals surface area contributed by atoms with Gasteiger partial charge in [0, 0.05) is 0 Å². The molecule has 7 heteroatoms. The second-order valence-electron chi connectivity index (χ2n) is 3.66. The van der Waals surface area contributed by atoms with E-state index in [2.05, 4.69) is 5.32 Å². The Balaban J connectivity index is 2.09. The van der Waals surface area contributed by atoms with Crippen LogP contribution in [-0.2, 0) is 6.54 Å². The van der Waals surface area contributed by atoms with E-state index in [0.29, 0.717) is 22.0 Å². The highest BCUT2D eigenvalue weighted by Crippen LogP contribution is 2.24. The fraction of sp³-hybridized carbons (Fsp3) is 0.0833. The number of anilines is 1. The molecule has 1 heterocycles. The average Bonchev–Trinajstić information content (AvgIpc) is 2.87. The molecule has 2 aromatic rings. The highest BCUT2D eigenvalue weighted by molar-refractivity contribution is 6.33. The van der Waals surface area contributed by atoms with Crippen molar-refractivity contribution < 1.29 is 9.34 Å². The molecule has 0 saturated carbocycles. The number of furan rings is 1. The summed E-state index contributed by atoms with van der Waals surface area (Å²) < 4.78 is 4.99. The minimum atomic E-state index is -0.604. The van der Waals surface area contributed by atoms with Crippen LogP contribution in [0.4, 0.5) is 11.6 Å². The van der Waals surface area contributed by atoms with Crippen molar-refractivity contribution in [1.29, 1.82) is 5.26 Å². The van der Waals surface area contributed by atoms with Crippen LogP contribution in [0.3, 0.4) is 0 Å². The lowest BCUT2D eigenvalue weighted by Crippen LogP contribution is -1.99. The van der Waals surface area contributed by atoms with Crippen molar-refractivity contribution in [2.24, 2.45) is 0 Å². The fourth-order valence-electron chi connectivity index (χ4n) is 1.47. The van der Waals surface area contributed by atoms with E-state index in [9.17, 15) is 10.1 Å². The van der Waals surface area contributed by atoms with Crippen LogP contribution in [0.25, 0.3) is 0 Å². The first-order valence-electron chi connectivity index (χ1n) is 5.27. The predicted octanol–water partition coefficient (Wildman–Crippen LogP) is 3.32. The Morgan fingerprint density at radius 3 is 2.84 bits per heavy atom. The van der Waals surface area contributed by atoms with Gasteiger partial charge in [-0.3, -0.25) is 10.1 Å². The number of rotatable bonds is 4. The minimum Gasteiger partial charge on any atom is -0.404 e. The van der Waals surface area contributed by atoms with Crippen LogP contribution in [0.15, 0.2) is 34.7 Å². The van der Waals surface area contributed by atoms with Crippen molar-refractivity contribution in [3.63, 3.8) is 0 Å². The Labute approximate surface area is 113 Å². The highest BCUT2D eigenvalue weighted by Gasteiger charge is 2.11. The van der Waals surface area contributed by atoms with Gasteiger partial charge in [0.05, 0.1) is 35.0 Å². The summed E-state index contributed by atoms with van der Waals surface area (Å²) in [6.45, 7) is 0.239. The van der Waals surface area contributed by atoms with E-state index >= 15 is 0 Å². The zero-order chi connectivity index (χ0) is 13.8. The zero-order valence-electron chi connectivity index (χ0n) is 9.59. The number of hydrogen-bond acceptors (Lipinski definition) is 5. The first kappa shape index (κ1) is 12.9. The van der Waals surface area contributed by atoms with Crippen molar-refractivity contribution in [2.45, 2.75) is 6.54 Å². The Morgan fingerprint density at radius 1 is 1.42 bits per heavy atom. The van der Waals surface area contributed by atoms with Crippen molar-refractivity contribution in [3.8, 4) is 6.07 Å². The summed E-state index contributed by atoms with van der Waals surface area (Å²) in [6.07, 6.45) is 0. The highest BCUT2D eigenvalue weighted by atomic mass is 35.5. The molecule has 0 amide bonds. The maximum absolute atomic E-state index is 10.5. The molecule has 0 aliphatic heterocycles. The molecule has 0 fully saturated rings. The number of hydrogen-bond donors (Lipinski definition) is 1. The molecule has 0 aliphatic rings. The van der Waals surface area contributed by atoms with Crippen LogP contribution in [0.2, 0.25) is 5.02 Å². The third-order valence-electron chi connectivity index (χ3n) is 2.38. The van der Waals surface area contributed by atoms with Crippen LogP contribution in [-0.4, -0.2) is 4.92 Å². The van der Waals surface area contributed by atoms with E-state index in [4.69, 9.17) is 21.3 Å². The summed E-state index contributed by atoms with van der Waals surface area (Å²) in [5.74, 6) is 0.0961. The van der Waals surface area contributed by atoms with E-state index in [1.54, 1.807) is 18.2 Å². The maximum atomic E-state index is 10.5. The molecule has 1 aromatic carbocycles. The van der Waals surface area contributed by atoms with E-state index in [-0.39, 0.29) is 12.4 Å². The van der Waals surface area contributed by atoms with Crippen LogP contribution >= 0.6 is 11.6 Å². The van der Waals surface area contributed by atoms with Crippen LogP contribution in [0, 0.1) is 21.4 Å². The maximum Gasteiger partial charge on any atom is 0.433 e. The lowest BCUT2D eigenvalue weighted by atomic mass is 10.2. The molecule has 0 unspecified atom stereocenters. The first-order chi connectivity index (χ1) is 9.10. The average molecular weight is 278 g/mol. The van der Waals surface area contributed by atoms with Gasteiger partial charge in [-0.2, -0.15) is 5.26 Å². The summed E-state index contributed by atoms with van der Waals surface area (Å²) in [6, 6.07) is 9.59. The SMILES string of the molecule is N#Cc1ccc(Cl)c(NCc2ccc([N+](=O)[O-])o2)c1. The van der Waals surface area contributed by atoms with Gasteiger partial charge in [-0.25, -0.2) is 0 Å². The lowest BCUT2D eigenvalue weighted by Gasteiger charge is -2.06. The molecule has 0 radical (unpaired) electrons. The zero-order valence-corrected chi connectivity index (χ0v) is 10.3. The number of nitrogens with one attached hydrogen (secondary N) is 1. The Morgan fingerprint density at radius 2 is 2.21 bits per heavy atom. The van der Waals surface area contributed by atoms with Gasteiger partial charge in [0.15, 0.2) is 0 Å². The number of nitro groups is 1. The topological polar surface area (TPSA) is 92.1 Å². The third-order valence-corrected chi connectivity index (χ3v) is 2.71. The van der Waals surface area contributed by atoms with Gasteiger partial charge in [-0.15, -0.1) is 0 Å². The molecule has 6 nitrogen and oxygen atoms in total. The Bertz CT molecular complexity index is 660. The van der Waals surface area contributed by atoms with E-state index in [0.717, 1.165) is 0 Å². The lowest BCUT2D eigenvalue weighted by molar-refractivity contribution is -0.402. The van der Waals surface area contributed by atoms with Gasteiger partial charge in [0.2, 0.25) is 0 Å². The number of halogens is 1. The molecule has 2 rings (SSSR count). The molecule has 0 bridgehead atoms. The summed E-state index contributed by atoms with van der Waals surface area (Å²) in [7, 11) is 0. The van der Waals surface area contributed by atoms with Crippen molar-refractivity contribution >= 4 is 23.2 Å². The summed E-state index contributed by atoms with van der Waals surface area (Å²) in [5, 5.41) is 22.7. The predicted molar refractivity (Wildman–Crippen MR) is 68.9 cm³/mol. The van der Waals surface area contributed by atoms with Crippen LogP contribution in [0.1, 0.15) is 11.3 Å². The van der Waals surface area contributed by atoms with E-state index < -0.39 is 4.92 Å². The summed E-state index contributed by atoms with van der Waals surface area (Å²) in [5.41, 5.74) is 1.04. The van der Waals surface area contributed by atoms with Crippen molar-refractivity contribution in [2.75, 3.05) is 5.32 Å². The van der Waals surface area contributed by atoms with E-state index in [1.165, 1.54) is 12.1 Å². The second-order valence-corrected chi connectivity index (χ2v) is 4.06. The molecule has 0 spiro atoms. The van der Waals surface area contributed by atoms with Crippen LogP contribution < -0.4 is 5.32 Å². The smallest absolute Gasteiger partial charge is 0.404 e. The van der Waals surface area contributed by atoms with Crippen molar-refractivity contribution in [1.82, 2.24) is 0 Å². The van der Waals surface area contributed by atoms with Gasteiger partial charge < -0.3 is 9.73 Å². The third kappa shape index (κ3) is 3.03. The second kappa shape index (κ2) is 5.42. The monoisotopic (exact) mass is 277 g/mol. The first-order valence-corrected chi connectivity index (χ1v) is 5.64. The molecular formula is C12H8ClN3O3. The van der Waals surface area contributed by atoms with Gasteiger partial charge in [-0.1, -0.05) is 11.6 Å². The fourth-order valence-corrected chi connectivity index (χ4v) is 1.66. The molecule has 19 heavy (non-hydrogen) atoms. The number of benzene rings is 1. The Kier molecular flexibility index (Phi) is 3.68. The molecule has 1 aromatic heterocycles. The molecule has 96 valence electrons. The molecule has 0 atom stereocenters. The number of nitrogens with zero attached hydrogens (tertiary/aromatic N) is 2.